The minimum atomic E-state index is -0.520. The maximum Gasteiger partial charge on any atom is 0.325 e. The van der Waals surface area contributed by atoms with Gasteiger partial charge in [-0.3, -0.25) is 10.1 Å². The molecule has 0 bridgehead atoms. The Bertz CT molecular complexity index is 782. The van der Waals surface area contributed by atoms with Gasteiger partial charge in [0.1, 0.15) is 0 Å². The predicted molar refractivity (Wildman–Crippen MR) is 104 cm³/mol. The van der Waals surface area contributed by atoms with Crippen LogP contribution >= 0.6 is 11.8 Å². The molecule has 0 spiro atoms. The second-order valence-electron chi connectivity index (χ2n) is 6.53. The molecule has 0 aliphatic heterocycles. The van der Waals surface area contributed by atoms with Crippen LogP contribution in [0.2, 0.25) is 0 Å². The molecule has 1 aliphatic carbocycles. The molecule has 0 unspecified atom stereocenters. The number of benzene rings is 1. The predicted octanol–water partition coefficient (Wildman–Crippen LogP) is 4.06. The van der Waals surface area contributed by atoms with Gasteiger partial charge in [-0.25, -0.2) is 9.78 Å². The van der Waals surface area contributed by atoms with Crippen molar-refractivity contribution in [2.24, 2.45) is 0 Å². The number of nitrogens with one attached hydrogen (secondary N) is 2. The number of carbonyl (C=O) groups is 2. The molecule has 2 aromatic rings. The number of para-hydroxylation sites is 1. The Hall–Kier alpha value is -2.28. The number of anilines is 1. The van der Waals surface area contributed by atoms with Crippen molar-refractivity contribution < 1.29 is 9.59 Å². The highest BCUT2D eigenvalue weighted by Gasteiger charge is 2.23. The van der Waals surface area contributed by atoms with Gasteiger partial charge >= 0.3 is 6.03 Å². The first-order valence-electron chi connectivity index (χ1n) is 8.88. The Balaban J connectivity index is 1.56. The summed E-state index contributed by atoms with van der Waals surface area (Å²) in [6.45, 7) is 4.08. The third-order valence-electron chi connectivity index (χ3n) is 4.66. The van der Waals surface area contributed by atoms with Gasteiger partial charge in [0.15, 0.2) is 5.16 Å². The van der Waals surface area contributed by atoms with Crippen molar-refractivity contribution in [1.29, 1.82) is 0 Å². The van der Waals surface area contributed by atoms with Crippen LogP contribution < -0.4 is 10.6 Å². The van der Waals surface area contributed by atoms with E-state index in [0.29, 0.717) is 11.7 Å². The third kappa shape index (κ3) is 4.46. The standard InChI is InChI=1S/C19H24N4O2S/c1-13-14(2)23(16-10-6-7-11-16)19(20-13)26-12-17(24)22-18(25)21-15-8-4-3-5-9-15/h3-5,8-9,16H,6-7,10-12H2,1-2H3,(H2,21,22,24,25). The molecule has 6 nitrogen and oxygen atoms in total. The first kappa shape index (κ1) is 18.5. The average Bonchev–Trinajstić information content (AvgIpc) is 3.22. The van der Waals surface area contributed by atoms with E-state index in [1.165, 1.54) is 30.3 Å². The van der Waals surface area contributed by atoms with Crippen LogP contribution in [0.5, 0.6) is 0 Å². The maximum absolute atomic E-state index is 12.1. The van der Waals surface area contributed by atoms with E-state index in [1.54, 1.807) is 12.1 Å². The van der Waals surface area contributed by atoms with E-state index in [9.17, 15) is 9.59 Å². The van der Waals surface area contributed by atoms with Crippen molar-refractivity contribution in [3.05, 3.63) is 41.7 Å². The molecule has 1 heterocycles. The lowest BCUT2D eigenvalue weighted by Crippen LogP contribution is -2.35. The molecule has 2 N–H and O–H groups in total. The molecule has 3 amide bonds. The quantitative estimate of drug-likeness (QED) is 0.776. The monoisotopic (exact) mass is 372 g/mol. The Morgan fingerprint density at radius 3 is 2.58 bits per heavy atom. The highest BCUT2D eigenvalue weighted by Crippen LogP contribution is 2.35. The highest BCUT2D eigenvalue weighted by molar-refractivity contribution is 7.99. The van der Waals surface area contributed by atoms with E-state index in [4.69, 9.17) is 0 Å². The third-order valence-corrected chi connectivity index (χ3v) is 5.61. The Labute approximate surface area is 157 Å². The van der Waals surface area contributed by atoms with Crippen molar-refractivity contribution in [3.63, 3.8) is 0 Å². The lowest BCUT2D eigenvalue weighted by molar-refractivity contribution is -0.117. The molecule has 1 aromatic carbocycles. The number of carbonyl (C=O) groups excluding carboxylic acids is 2. The fraction of sp³-hybridized carbons (Fsp3) is 0.421. The smallest absolute Gasteiger partial charge is 0.320 e. The molecule has 1 aromatic heterocycles. The van der Waals surface area contributed by atoms with Crippen molar-refractivity contribution in [3.8, 4) is 0 Å². The molecule has 0 atom stereocenters. The van der Waals surface area contributed by atoms with Crippen molar-refractivity contribution >= 4 is 29.4 Å². The van der Waals surface area contributed by atoms with Gasteiger partial charge in [-0.1, -0.05) is 42.8 Å². The van der Waals surface area contributed by atoms with Crippen LogP contribution in [0.15, 0.2) is 35.5 Å². The molecular formula is C19H24N4O2S. The lowest BCUT2D eigenvalue weighted by Gasteiger charge is -2.16. The van der Waals surface area contributed by atoms with Crippen LogP contribution in [0.1, 0.15) is 43.1 Å². The lowest BCUT2D eigenvalue weighted by atomic mass is 10.2. The summed E-state index contributed by atoms with van der Waals surface area (Å²) in [4.78, 5) is 28.6. The molecule has 7 heteroatoms. The molecule has 3 rings (SSSR count). The van der Waals surface area contributed by atoms with E-state index >= 15 is 0 Å². The molecule has 0 radical (unpaired) electrons. The number of hydrogen-bond acceptors (Lipinski definition) is 4. The summed E-state index contributed by atoms with van der Waals surface area (Å²) in [6.07, 6.45) is 4.81. The number of amides is 3. The summed E-state index contributed by atoms with van der Waals surface area (Å²) in [5.74, 6) is -0.176. The zero-order valence-electron chi connectivity index (χ0n) is 15.1. The number of hydrogen-bond donors (Lipinski definition) is 2. The van der Waals surface area contributed by atoms with Crippen LogP contribution in [0.3, 0.4) is 0 Å². The summed E-state index contributed by atoms with van der Waals surface area (Å²) in [5.41, 5.74) is 2.82. The van der Waals surface area contributed by atoms with Gasteiger partial charge in [-0.2, -0.15) is 0 Å². The number of aromatic nitrogens is 2. The van der Waals surface area contributed by atoms with Gasteiger partial charge < -0.3 is 9.88 Å². The molecule has 1 fully saturated rings. The van der Waals surface area contributed by atoms with Gasteiger partial charge in [-0.05, 0) is 38.8 Å². The van der Waals surface area contributed by atoms with E-state index < -0.39 is 6.03 Å². The van der Waals surface area contributed by atoms with E-state index in [-0.39, 0.29) is 11.7 Å². The second kappa shape index (κ2) is 8.40. The minimum Gasteiger partial charge on any atom is -0.320 e. The minimum absolute atomic E-state index is 0.158. The SMILES string of the molecule is Cc1nc(SCC(=O)NC(=O)Nc2ccccc2)n(C2CCCC2)c1C. The molecule has 1 aliphatic rings. The largest absolute Gasteiger partial charge is 0.325 e. The van der Waals surface area contributed by atoms with E-state index in [0.717, 1.165) is 23.7 Å². The fourth-order valence-corrected chi connectivity index (χ4v) is 4.23. The van der Waals surface area contributed by atoms with Gasteiger partial charge in [0.25, 0.3) is 0 Å². The maximum atomic E-state index is 12.1. The summed E-state index contributed by atoms with van der Waals surface area (Å²) in [5, 5.41) is 5.87. The van der Waals surface area contributed by atoms with Gasteiger partial charge in [0.2, 0.25) is 5.91 Å². The average molecular weight is 372 g/mol. The Kier molecular flexibility index (Phi) is 5.98. The number of rotatable bonds is 5. The number of nitrogens with zero attached hydrogens (tertiary/aromatic N) is 2. The van der Waals surface area contributed by atoms with Gasteiger partial charge in [0.05, 0.1) is 11.4 Å². The first-order valence-corrected chi connectivity index (χ1v) is 9.87. The molecular weight excluding hydrogens is 348 g/mol. The summed E-state index contributed by atoms with van der Waals surface area (Å²) in [6, 6.07) is 8.99. The van der Waals surface area contributed by atoms with Crippen LogP contribution in [0.25, 0.3) is 0 Å². The van der Waals surface area contributed by atoms with Crippen LogP contribution in [-0.4, -0.2) is 27.2 Å². The van der Waals surface area contributed by atoms with Gasteiger partial charge in [0, 0.05) is 17.4 Å². The number of thioether (sulfide) groups is 1. The van der Waals surface area contributed by atoms with Crippen LogP contribution in [0, 0.1) is 13.8 Å². The molecule has 138 valence electrons. The fourth-order valence-electron chi connectivity index (χ4n) is 3.27. The van der Waals surface area contributed by atoms with Gasteiger partial charge in [-0.15, -0.1) is 0 Å². The summed E-state index contributed by atoms with van der Waals surface area (Å²) in [7, 11) is 0. The molecule has 26 heavy (non-hydrogen) atoms. The Morgan fingerprint density at radius 2 is 1.88 bits per heavy atom. The molecule has 0 saturated heterocycles. The normalized spacial score (nSPS) is 14.4. The van der Waals surface area contributed by atoms with Crippen LogP contribution in [-0.2, 0) is 4.79 Å². The first-order chi connectivity index (χ1) is 12.5. The second-order valence-corrected chi connectivity index (χ2v) is 7.47. The zero-order chi connectivity index (χ0) is 18.5. The topological polar surface area (TPSA) is 76.0 Å². The van der Waals surface area contributed by atoms with Crippen molar-refractivity contribution in [1.82, 2.24) is 14.9 Å². The summed E-state index contributed by atoms with van der Waals surface area (Å²) >= 11 is 1.39. The number of imide groups is 1. The highest BCUT2D eigenvalue weighted by atomic mass is 32.2. The van der Waals surface area contributed by atoms with E-state index in [2.05, 4.69) is 27.1 Å². The van der Waals surface area contributed by atoms with E-state index in [1.807, 2.05) is 25.1 Å². The summed E-state index contributed by atoms with van der Waals surface area (Å²) < 4.78 is 2.27. The van der Waals surface area contributed by atoms with Crippen molar-refractivity contribution in [2.45, 2.75) is 50.7 Å². The zero-order valence-corrected chi connectivity index (χ0v) is 15.9. The number of aryl methyl sites for hydroxylation is 1. The number of imidazole rings is 1. The van der Waals surface area contributed by atoms with Crippen molar-refractivity contribution in [2.75, 3.05) is 11.1 Å². The molecule has 1 saturated carbocycles. The van der Waals surface area contributed by atoms with Crippen LogP contribution in [0.4, 0.5) is 10.5 Å². The number of urea groups is 1. The Morgan fingerprint density at radius 1 is 1.19 bits per heavy atom.